The predicted molar refractivity (Wildman–Crippen MR) is 77.9 cm³/mol. The third-order valence-corrected chi connectivity index (χ3v) is 4.95. The van der Waals surface area contributed by atoms with Gasteiger partial charge >= 0.3 is 0 Å². The SMILES string of the molecule is CCCCN(CCCC)S(=O)(=O)c1cnn(CCO)c1. The van der Waals surface area contributed by atoms with Gasteiger partial charge < -0.3 is 5.11 Å². The molecule has 0 amide bonds. The van der Waals surface area contributed by atoms with Crippen molar-refractivity contribution in [2.45, 2.75) is 51.0 Å². The first-order valence-electron chi connectivity index (χ1n) is 7.19. The Labute approximate surface area is 121 Å². The molecule has 0 aliphatic heterocycles. The first-order chi connectivity index (χ1) is 9.56. The molecule has 1 N–H and O–H groups in total. The summed E-state index contributed by atoms with van der Waals surface area (Å²) in [5.74, 6) is 0. The largest absolute Gasteiger partial charge is 0.394 e. The van der Waals surface area contributed by atoms with E-state index in [1.807, 2.05) is 13.8 Å². The lowest BCUT2D eigenvalue weighted by molar-refractivity contribution is 0.269. The van der Waals surface area contributed by atoms with Crippen LogP contribution in [0.15, 0.2) is 17.3 Å². The highest BCUT2D eigenvalue weighted by Gasteiger charge is 2.24. The van der Waals surface area contributed by atoms with E-state index in [9.17, 15) is 8.42 Å². The third kappa shape index (κ3) is 4.57. The summed E-state index contributed by atoms with van der Waals surface area (Å²) in [4.78, 5) is 0.207. The number of aromatic nitrogens is 2. The van der Waals surface area contributed by atoms with Gasteiger partial charge in [-0.3, -0.25) is 4.68 Å². The summed E-state index contributed by atoms with van der Waals surface area (Å²) in [6.45, 7) is 5.43. The Balaban J connectivity index is 2.88. The van der Waals surface area contributed by atoms with E-state index in [-0.39, 0.29) is 11.5 Å². The second-order valence-electron chi connectivity index (χ2n) is 4.77. The highest BCUT2D eigenvalue weighted by Crippen LogP contribution is 2.16. The maximum atomic E-state index is 12.6. The van der Waals surface area contributed by atoms with Crippen LogP contribution in [0.4, 0.5) is 0 Å². The maximum Gasteiger partial charge on any atom is 0.246 e. The van der Waals surface area contributed by atoms with E-state index >= 15 is 0 Å². The molecule has 0 atom stereocenters. The number of aliphatic hydroxyl groups excluding tert-OH is 1. The van der Waals surface area contributed by atoms with Crippen LogP contribution in [0, 0.1) is 0 Å². The molecular weight excluding hydrogens is 278 g/mol. The Morgan fingerprint density at radius 1 is 1.25 bits per heavy atom. The van der Waals surface area contributed by atoms with Gasteiger partial charge in [-0.25, -0.2) is 8.42 Å². The molecule has 0 fully saturated rings. The molecule has 116 valence electrons. The van der Waals surface area contributed by atoms with Gasteiger partial charge in [0.2, 0.25) is 10.0 Å². The van der Waals surface area contributed by atoms with Crippen molar-refractivity contribution in [2.24, 2.45) is 0 Å². The average Bonchev–Trinajstić information content (AvgIpc) is 2.88. The molecule has 7 heteroatoms. The zero-order chi connectivity index (χ0) is 15.0. The van der Waals surface area contributed by atoms with Gasteiger partial charge in [-0.2, -0.15) is 9.40 Å². The predicted octanol–water partition coefficient (Wildman–Crippen LogP) is 1.47. The lowest BCUT2D eigenvalue weighted by Gasteiger charge is -2.20. The Kier molecular flexibility index (Phi) is 7.18. The van der Waals surface area contributed by atoms with Crippen LogP contribution >= 0.6 is 0 Å². The molecule has 1 heterocycles. The summed E-state index contributed by atoms with van der Waals surface area (Å²) in [6.07, 6.45) is 6.47. The van der Waals surface area contributed by atoms with Gasteiger partial charge in [0.05, 0.1) is 19.3 Å². The minimum atomic E-state index is -3.47. The fraction of sp³-hybridized carbons (Fsp3) is 0.769. The fourth-order valence-corrected chi connectivity index (χ4v) is 3.35. The molecule has 1 rings (SSSR count). The monoisotopic (exact) mass is 303 g/mol. The number of nitrogens with zero attached hydrogens (tertiary/aromatic N) is 3. The quantitative estimate of drug-likeness (QED) is 0.710. The van der Waals surface area contributed by atoms with Gasteiger partial charge in [0, 0.05) is 19.3 Å². The zero-order valence-corrected chi connectivity index (χ0v) is 13.1. The number of hydrogen-bond acceptors (Lipinski definition) is 4. The number of aliphatic hydroxyl groups is 1. The van der Waals surface area contributed by atoms with Crippen molar-refractivity contribution in [3.8, 4) is 0 Å². The standard InChI is InChI=1S/C13H25N3O3S/c1-3-5-7-16(8-6-4-2)20(18,19)13-11-14-15(12-13)9-10-17/h11-12,17H,3-10H2,1-2H3. The van der Waals surface area contributed by atoms with E-state index in [4.69, 9.17) is 5.11 Å². The molecule has 0 aliphatic rings. The fourth-order valence-electron chi connectivity index (χ4n) is 1.87. The number of rotatable bonds is 10. The van der Waals surface area contributed by atoms with Gasteiger partial charge in [-0.15, -0.1) is 0 Å². The van der Waals surface area contributed by atoms with Crippen molar-refractivity contribution in [1.29, 1.82) is 0 Å². The van der Waals surface area contributed by atoms with Crippen LogP contribution in [-0.2, 0) is 16.6 Å². The van der Waals surface area contributed by atoms with Gasteiger partial charge in [-0.05, 0) is 12.8 Å². The van der Waals surface area contributed by atoms with Crippen LogP contribution in [0.2, 0.25) is 0 Å². The van der Waals surface area contributed by atoms with Crippen molar-refractivity contribution in [1.82, 2.24) is 14.1 Å². The molecule has 1 aromatic rings. The molecular formula is C13H25N3O3S. The van der Waals surface area contributed by atoms with Crippen LogP contribution in [0.25, 0.3) is 0 Å². The summed E-state index contributed by atoms with van der Waals surface area (Å²) in [5, 5.41) is 12.8. The zero-order valence-electron chi connectivity index (χ0n) is 12.3. The molecule has 6 nitrogen and oxygen atoms in total. The van der Waals surface area contributed by atoms with Crippen molar-refractivity contribution in [3.05, 3.63) is 12.4 Å². The summed E-state index contributed by atoms with van der Waals surface area (Å²) >= 11 is 0. The van der Waals surface area contributed by atoms with Crippen LogP contribution in [0.1, 0.15) is 39.5 Å². The van der Waals surface area contributed by atoms with Crippen LogP contribution in [-0.4, -0.2) is 47.3 Å². The third-order valence-electron chi connectivity index (χ3n) is 3.10. The van der Waals surface area contributed by atoms with Crippen LogP contribution < -0.4 is 0 Å². The lowest BCUT2D eigenvalue weighted by Crippen LogP contribution is -2.32. The minimum Gasteiger partial charge on any atom is -0.394 e. The van der Waals surface area contributed by atoms with Crippen LogP contribution in [0.5, 0.6) is 0 Å². The van der Waals surface area contributed by atoms with E-state index in [2.05, 4.69) is 5.10 Å². The highest BCUT2D eigenvalue weighted by atomic mass is 32.2. The van der Waals surface area contributed by atoms with Gasteiger partial charge in [0.25, 0.3) is 0 Å². The first kappa shape index (κ1) is 17.1. The molecule has 0 aromatic carbocycles. The molecule has 0 bridgehead atoms. The molecule has 0 saturated carbocycles. The second kappa shape index (κ2) is 8.39. The highest BCUT2D eigenvalue weighted by molar-refractivity contribution is 7.89. The van der Waals surface area contributed by atoms with E-state index in [1.165, 1.54) is 17.1 Å². The smallest absolute Gasteiger partial charge is 0.246 e. The van der Waals surface area contributed by atoms with Crippen molar-refractivity contribution < 1.29 is 13.5 Å². The van der Waals surface area contributed by atoms with E-state index in [0.29, 0.717) is 19.6 Å². The molecule has 0 radical (unpaired) electrons. The second-order valence-corrected chi connectivity index (χ2v) is 6.71. The van der Waals surface area contributed by atoms with Gasteiger partial charge in [0.1, 0.15) is 4.90 Å². The summed E-state index contributed by atoms with van der Waals surface area (Å²) in [5.41, 5.74) is 0. The van der Waals surface area contributed by atoms with Crippen molar-refractivity contribution in [2.75, 3.05) is 19.7 Å². The minimum absolute atomic E-state index is 0.0590. The summed E-state index contributed by atoms with van der Waals surface area (Å²) < 4.78 is 28.1. The first-order valence-corrected chi connectivity index (χ1v) is 8.63. The van der Waals surface area contributed by atoms with Crippen LogP contribution in [0.3, 0.4) is 0 Å². The Hall–Kier alpha value is -0.920. The molecule has 1 aromatic heterocycles. The molecule has 0 aliphatic carbocycles. The van der Waals surface area contributed by atoms with Gasteiger partial charge in [-0.1, -0.05) is 26.7 Å². The average molecular weight is 303 g/mol. The summed E-state index contributed by atoms with van der Waals surface area (Å²) in [7, 11) is -3.47. The molecule has 0 saturated heterocycles. The Bertz CT molecular complexity index is 477. The van der Waals surface area contributed by atoms with E-state index in [1.54, 1.807) is 4.31 Å². The topological polar surface area (TPSA) is 75.4 Å². The molecule has 20 heavy (non-hydrogen) atoms. The maximum absolute atomic E-state index is 12.6. The lowest BCUT2D eigenvalue weighted by atomic mass is 10.3. The summed E-state index contributed by atoms with van der Waals surface area (Å²) in [6, 6.07) is 0. The Morgan fingerprint density at radius 2 is 1.85 bits per heavy atom. The number of hydrogen-bond donors (Lipinski definition) is 1. The van der Waals surface area contributed by atoms with E-state index in [0.717, 1.165) is 25.7 Å². The number of sulfonamides is 1. The van der Waals surface area contributed by atoms with Gasteiger partial charge in [0.15, 0.2) is 0 Å². The van der Waals surface area contributed by atoms with Crippen molar-refractivity contribution >= 4 is 10.0 Å². The van der Waals surface area contributed by atoms with E-state index < -0.39 is 10.0 Å². The molecule has 0 unspecified atom stereocenters. The molecule has 0 spiro atoms. The number of unbranched alkanes of at least 4 members (excludes halogenated alkanes) is 2. The Morgan fingerprint density at radius 3 is 2.35 bits per heavy atom. The van der Waals surface area contributed by atoms with Crippen molar-refractivity contribution in [3.63, 3.8) is 0 Å². The normalized spacial score (nSPS) is 12.2.